The quantitative estimate of drug-likeness (QED) is 0.811. The first-order valence-corrected chi connectivity index (χ1v) is 7.52. The molecule has 0 aromatic carbocycles. The molecule has 2 unspecified atom stereocenters. The van der Waals surface area contributed by atoms with Gasteiger partial charge in [0.2, 0.25) is 5.88 Å². The van der Waals surface area contributed by atoms with E-state index in [2.05, 4.69) is 11.7 Å². The van der Waals surface area contributed by atoms with Gasteiger partial charge < -0.3 is 19.5 Å². The van der Waals surface area contributed by atoms with Crippen molar-refractivity contribution in [1.82, 2.24) is 10.1 Å². The van der Waals surface area contributed by atoms with Crippen LogP contribution in [0.1, 0.15) is 40.3 Å². The smallest absolute Gasteiger partial charge is 0.331 e. The zero-order valence-electron chi connectivity index (χ0n) is 14.7. The van der Waals surface area contributed by atoms with Crippen molar-refractivity contribution in [2.75, 3.05) is 11.4 Å². The predicted molar refractivity (Wildman–Crippen MR) is 88.3 cm³/mol. The van der Waals surface area contributed by atoms with Crippen molar-refractivity contribution in [3.05, 3.63) is 24.4 Å². The number of nitrogens with zero attached hydrogens (tertiary/aromatic N) is 3. The molecule has 1 aromatic heterocycles. The number of anilines is 1. The van der Waals surface area contributed by atoms with E-state index in [9.17, 15) is 19.8 Å². The van der Waals surface area contributed by atoms with Gasteiger partial charge in [-0.2, -0.15) is 0 Å². The second-order valence-electron chi connectivity index (χ2n) is 6.63. The van der Waals surface area contributed by atoms with Crippen LogP contribution in [0.15, 0.2) is 23.2 Å². The van der Waals surface area contributed by atoms with Gasteiger partial charge in [-0.05, 0) is 13.8 Å². The van der Waals surface area contributed by atoms with Crippen LogP contribution >= 0.6 is 0 Å². The van der Waals surface area contributed by atoms with Crippen LogP contribution in [0, 0.1) is 0 Å². The number of urea groups is 1. The molecule has 0 spiro atoms. The molecule has 2 N–H and O–H groups in total. The van der Waals surface area contributed by atoms with Gasteiger partial charge >= 0.3 is 6.03 Å². The van der Waals surface area contributed by atoms with Gasteiger partial charge in [-0.1, -0.05) is 32.0 Å². The van der Waals surface area contributed by atoms with Crippen LogP contribution in [0.2, 0.25) is 0 Å². The lowest BCUT2D eigenvalue weighted by Gasteiger charge is -2.16. The second-order valence-corrected chi connectivity index (χ2v) is 6.63. The highest BCUT2D eigenvalue weighted by Crippen LogP contribution is 2.31. The molecule has 1 saturated heterocycles. The minimum Gasteiger partial charge on any atom is -0.369 e. The van der Waals surface area contributed by atoms with Crippen molar-refractivity contribution in [2.45, 2.75) is 52.5 Å². The average Bonchev–Trinajstić information content (AvgIpc) is 2.99. The first-order chi connectivity index (χ1) is 11.0. The summed E-state index contributed by atoms with van der Waals surface area (Å²) in [6, 6.07) is 1.03. The minimum absolute atomic E-state index is 0.109. The second kappa shape index (κ2) is 7.59. The fraction of sp³-hybridized carbons (Fsp3) is 0.562. The van der Waals surface area contributed by atoms with E-state index in [0.717, 1.165) is 9.80 Å². The summed E-state index contributed by atoms with van der Waals surface area (Å²) in [6.07, 6.45) is -1.26. The fourth-order valence-electron chi connectivity index (χ4n) is 1.94. The van der Waals surface area contributed by atoms with E-state index >= 15 is 0 Å². The molecular weight excluding hydrogens is 314 g/mol. The number of carbonyl (C=O) groups is 2. The van der Waals surface area contributed by atoms with Crippen LogP contribution in [-0.2, 0) is 10.2 Å². The van der Waals surface area contributed by atoms with E-state index in [-0.39, 0.29) is 23.6 Å². The van der Waals surface area contributed by atoms with Crippen LogP contribution in [0.3, 0.4) is 0 Å². The normalized spacial score (nSPS) is 20.7. The SMILES string of the molecule is C=CCN1C(=O)N(c2cc(C(C)(C)C)no2)C(O)C1O.CC(C)=O. The monoisotopic (exact) mass is 339 g/mol. The minimum atomic E-state index is -1.40. The Kier molecular flexibility index (Phi) is 6.28. The maximum atomic E-state index is 12.2. The van der Waals surface area contributed by atoms with Gasteiger partial charge in [0.05, 0.1) is 5.69 Å². The predicted octanol–water partition coefficient (Wildman–Crippen LogP) is 1.63. The third-order valence-electron chi connectivity index (χ3n) is 3.13. The summed E-state index contributed by atoms with van der Waals surface area (Å²) in [6.45, 7) is 12.6. The van der Waals surface area contributed by atoms with Crippen LogP contribution in [0.4, 0.5) is 10.7 Å². The molecule has 0 bridgehead atoms. The highest BCUT2D eigenvalue weighted by molar-refractivity contribution is 5.93. The van der Waals surface area contributed by atoms with Gasteiger partial charge in [0, 0.05) is 18.0 Å². The summed E-state index contributed by atoms with van der Waals surface area (Å²) in [5, 5.41) is 23.7. The number of carbonyl (C=O) groups excluding carboxylic acids is 2. The van der Waals surface area contributed by atoms with Gasteiger partial charge in [0.25, 0.3) is 0 Å². The highest BCUT2D eigenvalue weighted by atomic mass is 16.5. The Hall–Kier alpha value is -2.19. The summed E-state index contributed by atoms with van der Waals surface area (Å²) in [5.74, 6) is 0.276. The number of hydrogen-bond acceptors (Lipinski definition) is 6. The molecule has 1 aliphatic heterocycles. The van der Waals surface area contributed by atoms with Crippen molar-refractivity contribution >= 4 is 17.7 Å². The van der Waals surface area contributed by atoms with Gasteiger partial charge in [-0.3, -0.25) is 4.90 Å². The van der Waals surface area contributed by atoms with Crippen molar-refractivity contribution < 1.29 is 24.3 Å². The Labute approximate surface area is 141 Å². The number of ketones is 1. The summed E-state index contributed by atoms with van der Waals surface area (Å²) < 4.78 is 5.12. The lowest BCUT2D eigenvalue weighted by Crippen LogP contribution is -2.36. The lowest BCUT2D eigenvalue weighted by atomic mass is 9.92. The Morgan fingerprint density at radius 2 is 1.92 bits per heavy atom. The molecule has 8 heteroatoms. The number of aromatic nitrogens is 1. The molecule has 1 fully saturated rings. The topological polar surface area (TPSA) is 107 Å². The molecule has 2 atom stereocenters. The Morgan fingerprint density at radius 1 is 1.38 bits per heavy atom. The molecule has 1 aromatic rings. The van der Waals surface area contributed by atoms with Crippen molar-refractivity contribution in [2.24, 2.45) is 0 Å². The number of aliphatic hydroxyl groups is 2. The number of hydrogen-bond donors (Lipinski definition) is 2. The van der Waals surface area contributed by atoms with Crippen LogP contribution in [0.5, 0.6) is 0 Å². The third kappa shape index (κ3) is 4.42. The number of amides is 2. The molecule has 1 aliphatic rings. The third-order valence-corrected chi connectivity index (χ3v) is 3.13. The summed E-state index contributed by atoms with van der Waals surface area (Å²) in [7, 11) is 0. The van der Waals surface area contributed by atoms with E-state index in [1.165, 1.54) is 19.9 Å². The van der Waals surface area contributed by atoms with E-state index in [0.29, 0.717) is 5.69 Å². The van der Waals surface area contributed by atoms with Crippen LogP contribution in [0.25, 0.3) is 0 Å². The van der Waals surface area contributed by atoms with E-state index in [1.807, 2.05) is 20.8 Å². The van der Waals surface area contributed by atoms with Crippen LogP contribution < -0.4 is 4.90 Å². The first kappa shape index (κ1) is 19.9. The zero-order chi connectivity index (χ0) is 18.7. The molecule has 0 radical (unpaired) electrons. The summed E-state index contributed by atoms with van der Waals surface area (Å²) in [5.41, 5.74) is 0.415. The standard InChI is InChI=1S/C13H19N3O4.C3H6O/c1-5-6-15-10(17)11(18)16(12(15)19)9-7-8(14-20-9)13(2,3)4;1-3(2)4/h5,7,10-11,17-18H,1,6H2,2-4H3;1-2H3. The fourth-order valence-corrected chi connectivity index (χ4v) is 1.94. The summed E-state index contributed by atoms with van der Waals surface area (Å²) >= 11 is 0. The Balaban J connectivity index is 0.000000648. The van der Waals surface area contributed by atoms with Crippen molar-refractivity contribution in [1.29, 1.82) is 0 Å². The molecule has 2 heterocycles. The van der Waals surface area contributed by atoms with Gasteiger partial charge in [0.15, 0.2) is 12.5 Å². The molecule has 8 nitrogen and oxygen atoms in total. The molecule has 24 heavy (non-hydrogen) atoms. The van der Waals surface area contributed by atoms with Gasteiger partial charge in [-0.25, -0.2) is 9.69 Å². The van der Waals surface area contributed by atoms with Crippen LogP contribution in [-0.4, -0.2) is 51.1 Å². The largest absolute Gasteiger partial charge is 0.369 e. The maximum Gasteiger partial charge on any atom is 0.331 e. The lowest BCUT2D eigenvalue weighted by molar-refractivity contribution is -0.115. The van der Waals surface area contributed by atoms with Gasteiger partial charge in [0.1, 0.15) is 5.78 Å². The Morgan fingerprint density at radius 3 is 2.33 bits per heavy atom. The average molecular weight is 339 g/mol. The number of Topliss-reactive ketones (excluding diaryl/α,β-unsaturated/α-hetero) is 1. The van der Waals surface area contributed by atoms with E-state index in [4.69, 9.17) is 4.52 Å². The van der Waals surface area contributed by atoms with Gasteiger partial charge in [-0.15, -0.1) is 6.58 Å². The van der Waals surface area contributed by atoms with E-state index in [1.54, 1.807) is 6.07 Å². The Bertz CT molecular complexity index is 601. The number of aliphatic hydroxyl groups excluding tert-OH is 2. The first-order valence-electron chi connectivity index (χ1n) is 7.52. The molecule has 2 amide bonds. The molecular formula is C16H25N3O5. The van der Waals surface area contributed by atoms with E-state index < -0.39 is 18.5 Å². The molecule has 134 valence electrons. The van der Waals surface area contributed by atoms with Crippen molar-refractivity contribution in [3.8, 4) is 0 Å². The number of rotatable bonds is 3. The molecule has 0 aliphatic carbocycles. The maximum absolute atomic E-state index is 12.2. The zero-order valence-corrected chi connectivity index (χ0v) is 14.7. The summed E-state index contributed by atoms with van der Waals surface area (Å²) in [4.78, 5) is 23.7. The van der Waals surface area contributed by atoms with Crippen molar-refractivity contribution in [3.63, 3.8) is 0 Å². The molecule has 0 saturated carbocycles. The molecule has 2 rings (SSSR count). The highest BCUT2D eigenvalue weighted by Gasteiger charge is 2.46.